The zero-order valence-corrected chi connectivity index (χ0v) is 16.6. The molecule has 0 bridgehead atoms. The van der Waals surface area contributed by atoms with Crippen LogP contribution in [0.25, 0.3) is 0 Å². The molecule has 0 saturated carbocycles. The Morgan fingerprint density at radius 1 is 1.42 bits per heavy atom. The van der Waals surface area contributed by atoms with Crippen molar-refractivity contribution >= 4 is 39.6 Å². The lowest BCUT2D eigenvalue weighted by molar-refractivity contribution is 0.215. The molecule has 2 aromatic rings. The number of aromatic nitrogens is 1. The fraction of sp³-hybridized carbons (Fsp3) is 0.333. The highest BCUT2D eigenvalue weighted by molar-refractivity contribution is 9.10. The van der Waals surface area contributed by atoms with Gasteiger partial charge in [0.2, 0.25) is 5.88 Å². The fourth-order valence-corrected chi connectivity index (χ4v) is 2.73. The third-order valence-corrected chi connectivity index (χ3v) is 4.54. The number of benzene rings is 1. The molecule has 24 heavy (non-hydrogen) atoms. The zero-order chi connectivity index (χ0) is 17.7. The van der Waals surface area contributed by atoms with E-state index in [4.69, 9.17) is 16.3 Å². The SMILES string of the molecule is CCN(C)/C=N/c1cc(Br)c(OC(C)c2ccccc2Cl)nc1C. The lowest BCUT2D eigenvalue weighted by Crippen LogP contribution is -2.14. The second kappa shape index (κ2) is 8.49. The van der Waals surface area contributed by atoms with E-state index < -0.39 is 0 Å². The van der Waals surface area contributed by atoms with Gasteiger partial charge in [-0.3, -0.25) is 0 Å². The van der Waals surface area contributed by atoms with Crippen molar-refractivity contribution in [2.24, 2.45) is 4.99 Å². The van der Waals surface area contributed by atoms with Crippen molar-refractivity contribution in [2.75, 3.05) is 13.6 Å². The molecule has 128 valence electrons. The van der Waals surface area contributed by atoms with Crippen molar-refractivity contribution in [1.82, 2.24) is 9.88 Å². The predicted molar refractivity (Wildman–Crippen MR) is 104 cm³/mol. The minimum Gasteiger partial charge on any atom is -0.469 e. The summed E-state index contributed by atoms with van der Waals surface area (Å²) in [6.07, 6.45) is 1.59. The van der Waals surface area contributed by atoms with Gasteiger partial charge in [0, 0.05) is 24.2 Å². The number of aliphatic imine (C=N–C) groups is 1. The van der Waals surface area contributed by atoms with Crippen molar-refractivity contribution in [1.29, 1.82) is 0 Å². The van der Waals surface area contributed by atoms with Crippen LogP contribution in [0.4, 0.5) is 5.69 Å². The first-order valence-electron chi connectivity index (χ1n) is 7.75. The average molecular weight is 411 g/mol. The molecule has 0 aliphatic carbocycles. The zero-order valence-electron chi connectivity index (χ0n) is 14.3. The number of hydrogen-bond acceptors (Lipinski definition) is 3. The smallest absolute Gasteiger partial charge is 0.228 e. The quantitative estimate of drug-likeness (QED) is 0.462. The number of nitrogens with zero attached hydrogens (tertiary/aromatic N) is 3. The van der Waals surface area contributed by atoms with E-state index >= 15 is 0 Å². The molecule has 0 aliphatic rings. The Labute approximate surface area is 156 Å². The molecule has 1 aromatic carbocycles. The van der Waals surface area contributed by atoms with Gasteiger partial charge in [-0.2, -0.15) is 0 Å². The van der Waals surface area contributed by atoms with E-state index in [9.17, 15) is 0 Å². The van der Waals surface area contributed by atoms with Crippen molar-refractivity contribution < 1.29 is 4.74 Å². The highest BCUT2D eigenvalue weighted by atomic mass is 79.9. The van der Waals surface area contributed by atoms with E-state index in [1.165, 1.54) is 0 Å². The number of rotatable bonds is 6. The largest absolute Gasteiger partial charge is 0.469 e. The van der Waals surface area contributed by atoms with Crippen LogP contribution in [0.5, 0.6) is 5.88 Å². The summed E-state index contributed by atoms with van der Waals surface area (Å²) < 4.78 is 6.75. The van der Waals surface area contributed by atoms with Crippen LogP contribution >= 0.6 is 27.5 Å². The standard InChI is InChI=1S/C18H21BrClN3O/c1-5-23(4)11-21-17-10-15(19)18(22-12(17)2)24-13(3)14-8-6-7-9-16(14)20/h6-11,13H,5H2,1-4H3/b21-11+. The van der Waals surface area contributed by atoms with Crippen LogP contribution in [0.1, 0.15) is 31.2 Å². The van der Waals surface area contributed by atoms with Gasteiger partial charge in [0.25, 0.3) is 0 Å². The number of hydrogen-bond donors (Lipinski definition) is 0. The molecule has 1 atom stereocenters. The van der Waals surface area contributed by atoms with Crippen LogP contribution in [0, 0.1) is 6.92 Å². The van der Waals surface area contributed by atoms with Crippen molar-refractivity contribution in [3.8, 4) is 5.88 Å². The summed E-state index contributed by atoms with van der Waals surface area (Å²) in [5.41, 5.74) is 2.54. The summed E-state index contributed by atoms with van der Waals surface area (Å²) in [6.45, 7) is 6.83. The highest BCUT2D eigenvalue weighted by Crippen LogP contribution is 2.33. The summed E-state index contributed by atoms with van der Waals surface area (Å²) in [4.78, 5) is 11.0. The Kier molecular flexibility index (Phi) is 6.63. The molecule has 0 radical (unpaired) electrons. The minimum absolute atomic E-state index is 0.206. The molecule has 0 spiro atoms. The van der Waals surface area contributed by atoms with Crippen molar-refractivity contribution in [2.45, 2.75) is 26.9 Å². The Hall–Kier alpha value is -1.59. The maximum Gasteiger partial charge on any atom is 0.228 e. The van der Waals surface area contributed by atoms with Gasteiger partial charge in [-0.15, -0.1) is 0 Å². The summed E-state index contributed by atoms with van der Waals surface area (Å²) in [7, 11) is 1.98. The lowest BCUT2D eigenvalue weighted by Gasteiger charge is -2.17. The van der Waals surface area contributed by atoms with Crippen LogP contribution in [-0.2, 0) is 0 Å². The molecule has 4 nitrogen and oxygen atoms in total. The Balaban J connectivity index is 2.22. The molecule has 0 saturated heterocycles. The third-order valence-electron chi connectivity index (χ3n) is 3.63. The van der Waals surface area contributed by atoms with Crippen molar-refractivity contribution in [3.63, 3.8) is 0 Å². The number of ether oxygens (including phenoxy) is 1. The van der Waals surface area contributed by atoms with E-state index in [2.05, 4.69) is 32.8 Å². The second-order valence-electron chi connectivity index (χ2n) is 5.48. The van der Waals surface area contributed by atoms with E-state index in [1.807, 2.05) is 56.1 Å². The summed E-state index contributed by atoms with van der Waals surface area (Å²) >= 11 is 9.75. The highest BCUT2D eigenvalue weighted by Gasteiger charge is 2.15. The predicted octanol–water partition coefficient (Wildman–Crippen LogP) is 5.56. The number of pyridine rings is 1. The molecule has 0 N–H and O–H groups in total. The van der Waals surface area contributed by atoms with Gasteiger partial charge in [0.1, 0.15) is 6.10 Å². The first kappa shape index (κ1) is 18.7. The van der Waals surface area contributed by atoms with E-state index in [0.717, 1.165) is 28.0 Å². The molecule has 0 amide bonds. The molecule has 1 unspecified atom stereocenters. The lowest BCUT2D eigenvalue weighted by atomic mass is 10.1. The minimum atomic E-state index is -0.206. The molecule has 2 rings (SSSR count). The number of aryl methyl sites for hydroxylation is 1. The summed E-state index contributed by atoms with van der Waals surface area (Å²) in [5, 5.41) is 0.682. The Morgan fingerprint density at radius 3 is 2.79 bits per heavy atom. The summed E-state index contributed by atoms with van der Waals surface area (Å²) in [6, 6.07) is 9.56. The Morgan fingerprint density at radius 2 is 2.12 bits per heavy atom. The van der Waals surface area contributed by atoms with Gasteiger partial charge in [0.15, 0.2) is 0 Å². The van der Waals surface area contributed by atoms with E-state index in [1.54, 1.807) is 6.34 Å². The maximum absolute atomic E-state index is 6.23. The molecule has 0 aliphatic heterocycles. The van der Waals surface area contributed by atoms with Gasteiger partial charge >= 0.3 is 0 Å². The van der Waals surface area contributed by atoms with Crippen LogP contribution in [0.15, 0.2) is 39.8 Å². The first-order valence-corrected chi connectivity index (χ1v) is 8.92. The topological polar surface area (TPSA) is 37.7 Å². The third kappa shape index (κ3) is 4.71. The maximum atomic E-state index is 6.23. The second-order valence-corrected chi connectivity index (χ2v) is 6.74. The van der Waals surface area contributed by atoms with Gasteiger partial charge in [0.05, 0.1) is 22.2 Å². The monoisotopic (exact) mass is 409 g/mol. The van der Waals surface area contributed by atoms with E-state index in [-0.39, 0.29) is 6.10 Å². The molecule has 1 aromatic heterocycles. The molecule has 0 fully saturated rings. The normalized spacial score (nSPS) is 12.4. The fourth-order valence-electron chi connectivity index (χ4n) is 2.04. The molecule has 6 heteroatoms. The molecule has 1 heterocycles. The van der Waals surface area contributed by atoms with Crippen LogP contribution in [0.3, 0.4) is 0 Å². The average Bonchev–Trinajstić information content (AvgIpc) is 2.56. The number of halogens is 2. The Bertz CT molecular complexity index is 736. The van der Waals surface area contributed by atoms with Gasteiger partial charge < -0.3 is 9.64 Å². The van der Waals surface area contributed by atoms with E-state index in [0.29, 0.717) is 10.9 Å². The van der Waals surface area contributed by atoms with Gasteiger partial charge in [-0.25, -0.2) is 9.98 Å². The molecular formula is C18H21BrClN3O. The summed E-state index contributed by atoms with van der Waals surface area (Å²) in [5.74, 6) is 0.530. The van der Waals surface area contributed by atoms with Crippen LogP contribution in [-0.4, -0.2) is 29.8 Å². The van der Waals surface area contributed by atoms with Crippen LogP contribution in [0.2, 0.25) is 5.02 Å². The van der Waals surface area contributed by atoms with Crippen molar-refractivity contribution in [3.05, 3.63) is 51.1 Å². The van der Waals surface area contributed by atoms with Gasteiger partial charge in [-0.05, 0) is 48.8 Å². The molecular weight excluding hydrogens is 390 g/mol. The van der Waals surface area contributed by atoms with Crippen LogP contribution < -0.4 is 4.74 Å². The first-order chi connectivity index (χ1) is 11.4. The van der Waals surface area contributed by atoms with Gasteiger partial charge in [-0.1, -0.05) is 29.8 Å².